The van der Waals surface area contributed by atoms with Gasteiger partial charge in [-0.2, -0.15) is 5.26 Å². The molecule has 1 atom stereocenters. The highest BCUT2D eigenvalue weighted by Crippen LogP contribution is 2.21. The summed E-state index contributed by atoms with van der Waals surface area (Å²) in [5.74, 6) is -0.669. The molecule has 0 bridgehead atoms. The van der Waals surface area contributed by atoms with Crippen molar-refractivity contribution in [2.24, 2.45) is 0 Å². The number of nitriles is 1. The van der Waals surface area contributed by atoms with Crippen LogP contribution in [0.3, 0.4) is 0 Å². The van der Waals surface area contributed by atoms with Gasteiger partial charge in [0.1, 0.15) is 11.9 Å². The molecule has 88 valence electrons. The zero-order valence-corrected chi connectivity index (χ0v) is 9.61. The summed E-state index contributed by atoms with van der Waals surface area (Å²) in [7, 11) is 0. The number of carbonyl (C=O) groups excluding carboxylic acids is 1. The summed E-state index contributed by atoms with van der Waals surface area (Å²) in [5, 5.41) is 8.94. The van der Waals surface area contributed by atoms with Gasteiger partial charge in [0.25, 0.3) is 5.91 Å². The van der Waals surface area contributed by atoms with E-state index in [0.717, 1.165) is 12.0 Å². The van der Waals surface area contributed by atoms with E-state index in [-0.39, 0.29) is 11.9 Å². The van der Waals surface area contributed by atoms with Crippen molar-refractivity contribution in [3.05, 3.63) is 35.1 Å². The van der Waals surface area contributed by atoms with E-state index in [2.05, 4.69) is 6.07 Å². The minimum atomic E-state index is -0.424. The first-order valence-electron chi connectivity index (χ1n) is 5.60. The number of carbonyl (C=O) groups is 1. The Morgan fingerprint density at radius 2 is 2.35 bits per heavy atom. The SMILES string of the molecule is Cc1ccc(F)cc1C(=O)N1CCCC1C#N. The lowest BCUT2D eigenvalue weighted by atomic mass is 10.1. The number of nitrogens with zero attached hydrogens (tertiary/aromatic N) is 2. The Balaban J connectivity index is 2.31. The fourth-order valence-corrected chi connectivity index (χ4v) is 2.12. The third kappa shape index (κ3) is 2.14. The molecule has 0 radical (unpaired) electrons. The zero-order chi connectivity index (χ0) is 12.4. The van der Waals surface area contributed by atoms with Gasteiger partial charge in [0, 0.05) is 12.1 Å². The lowest BCUT2D eigenvalue weighted by Crippen LogP contribution is -2.35. The third-order valence-electron chi connectivity index (χ3n) is 3.09. The van der Waals surface area contributed by atoms with Crippen molar-refractivity contribution in [2.75, 3.05) is 6.54 Å². The molecular formula is C13H13FN2O. The molecule has 1 heterocycles. The molecule has 1 unspecified atom stereocenters. The Hall–Kier alpha value is -1.89. The molecule has 1 fully saturated rings. The van der Waals surface area contributed by atoms with E-state index >= 15 is 0 Å². The lowest BCUT2D eigenvalue weighted by Gasteiger charge is -2.20. The summed E-state index contributed by atoms with van der Waals surface area (Å²) in [6.07, 6.45) is 1.54. The fourth-order valence-electron chi connectivity index (χ4n) is 2.12. The van der Waals surface area contributed by atoms with E-state index in [9.17, 15) is 9.18 Å². The molecule has 0 N–H and O–H groups in total. The van der Waals surface area contributed by atoms with Crippen molar-refractivity contribution in [3.8, 4) is 6.07 Å². The summed E-state index contributed by atoms with van der Waals surface area (Å²) in [6, 6.07) is 5.89. The fraction of sp³-hybridized carbons (Fsp3) is 0.385. The van der Waals surface area contributed by atoms with E-state index in [1.165, 1.54) is 17.0 Å². The molecule has 1 aliphatic heterocycles. The number of amides is 1. The second-order valence-electron chi connectivity index (χ2n) is 4.24. The molecule has 0 spiro atoms. The molecule has 17 heavy (non-hydrogen) atoms. The van der Waals surface area contributed by atoms with Crippen molar-refractivity contribution < 1.29 is 9.18 Å². The highest BCUT2D eigenvalue weighted by atomic mass is 19.1. The summed E-state index contributed by atoms with van der Waals surface area (Å²) in [6.45, 7) is 2.34. The molecule has 1 saturated heterocycles. The average Bonchev–Trinajstić information content (AvgIpc) is 2.79. The average molecular weight is 232 g/mol. The van der Waals surface area contributed by atoms with E-state index < -0.39 is 5.82 Å². The van der Waals surface area contributed by atoms with Gasteiger partial charge >= 0.3 is 0 Å². The molecule has 0 saturated carbocycles. The molecule has 1 aromatic rings. The van der Waals surface area contributed by atoms with Crippen molar-refractivity contribution >= 4 is 5.91 Å². The predicted molar refractivity (Wildman–Crippen MR) is 60.8 cm³/mol. The zero-order valence-electron chi connectivity index (χ0n) is 9.61. The second kappa shape index (κ2) is 4.54. The molecule has 3 nitrogen and oxygen atoms in total. The highest BCUT2D eigenvalue weighted by molar-refractivity contribution is 5.96. The van der Waals surface area contributed by atoms with Crippen LogP contribution in [0.15, 0.2) is 18.2 Å². The molecular weight excluding hydrogens is 219 g/mol. The standard InChI is InChI=1S/C13H13FN2O/c1-9-4-5-10(14)7-12(9)13(17)16-6-2-3-11(16)8-15/h4-5,7,11H,2-3,6H2,1H3. The third-order valence-corrected chi connectivity index (χ3v) is 3.09. The van der Waals surface area contributed by atoms with Gasteiger partial charge in [-0.1, -0.05) is 6.07 Å². The smallest absolute Gasteiger partial charge is 0.255 e. The van der Waals surface area contributed by atoms with Crippen LogP contribution in [0.25, 0.3) is 0 Å². The number of halogens is 1. The van der Waals surface area contributed by atoms with Crippen LogP contribution in [0.2, 0.25) is 0 Å². The van der Waals surface area contributed by atoms with E-state index in [1.807, 2.05) is 0 Å². The van der Waals surface area contributed by atoms with Crippen LogP contribution in [0, 0.1) is 24.1 Å². The van der Waals surface area contributed by atoms with Crippen LogP contribution in [-0.4, -0.2) is 23.4 Å². The van der Waals surface area contributed by atoms with Crippen molar-refractivity contribution in [3.63, 3.8) is 0 Å². The minimum absolute atomic E-state index is 0.244. The predicted octanol–water partition coefficient (Wildman–Crippen LogP) is 2.26. The maximum atomic E-state index is 13.1. The number of rotatable bonds is 1. The van der Waals surface area contributed by atoms with Crippen LogP contribution in [0.1, 0.15) is 28.8 Å². The first-order chi connectivity index (χ1) is 8.13. The lowest BCUT2D eigenvalue weighted by molar-refractivity contribution is 0.0763. The highest BCUT2D eigenvalue weighted by Gasteiger charge is 2.29. The number of hydrogen-bond donors (Lipinski definition) is 0. The largest absolute Gasteiger partial charge is 0.323 e. The first-order valence-corrected chi connectivity index (χ1v) is 5.60. The van der Waals surface area contributed by atoms with Gasteiger partial charge in [-0.15, -0.1) is 0 Å². The molecule has 1 amide bonds. The van der Waals surface area contributed by atoms with E-state index in [1.54, 1.807) is 13.0 Å². The molecule has 1 aliphatic rings. The van der Waals surface area contributed by atoms with E-state index in [0.29, 0.717) is 18.5 Å². The van der Waals surface area contributed by atoms with Gasteiger partial charge in [-0.05, 0) is 37.5 Å². The van der Waals surface area contributed by atoms with Crippen molar-refractivity contribution in [1.29, 1.82) is 5.26 Å². The molecule has 2 rings (SSSR count). The Labute approximate surface area is 99.5 Å². The van der Waals surface area contributed by atoms with Crippen LogP contribution >= 0.6 is 0 Å². The Morgan fingerprint density at radius 3 is 3.06 bits per heavy atom. The van der Waals surface area contributed by atoms with E-state index in [4.69, 9.17) is 5.26 Å². The normalized spacial score (nSPS) is 19.1. The topological polar surface area (TPSA) is 44.1 Å². The van der Waals surface area contributed by atoms with Crippen molar-refractivity contribution in [1.82, 2.24) is 4.90 Å². The van der Waals surface area contributed by atoms with Crippen LogP contribution in [-0.2, 0) is 0 Å². The number of likely N-dealkylation sites (tertiary alicyclic amines) is 1. The van der Waals surface area contributed by atoms with Gasteiger partial charge in [0.2, 0.25) is 0 Å². The summed E-state index contributed by atoms with van der Waals surface area (Å²) in [5.41, 5.74) is 1.09. The molecule has 1 aromatic carbocycles. The van der Waals surface area contributed by atoms with Gasteiger partial charge in [-0.3, -0.25) is 4.79 Å². The number of benzene rings is 1. The Morgan fingerprint density at radius 1 is 1.59 bits per heavy atom. The molecule has 0 aliphatic carbocycles. The summed E-state index contributed by atoms with van der Waals surface area (Å²) in [4.78, 5) is 13.7. The second-order valence-corrected chi connectivity index (χ2v) is 4.24. The Kier molecular flexibility index (Phi) is 3.10. The van der Waals surface area contributed by atoms with Gasteiger partial charge < -0.3 is 4.90 Å². The van der Waals surface area contributed by atoms with Gasteiger partial charge in [0.05, 0.1) is 6.07 Å². The van der Waals surface area contributed by atoms with Gasteiger partial charge in [-0.25, -0.2) is 4.39 Å². The maximum Gasteiger partial charge on any atom is 0.255 e. The minimum Gasteiger partial charge on any atom is -0.323 e. The van der Waals surface area contributed by atoms with Crippen LogP contribution in [0.4, 0.5) is 4.39 Å². The number of aryl methyl sites for hydroxylation is 1. The summed E-state index contributed by atoms with van der Waals surface area (Å²) >= 11 is 0. The Bertz CT molecular complexity index is 493. The maximum absolute atomic E-state index is 13.1. The van der Waals surface area contributed by atoms with Crippen molar-refractivity contribution in [2.45, 2.75) is 25.8 Å². The van der Waals surface area contributed by atoms with Crippen LogP contribution < -0.4 is 0 Å². The quantitative estimate of drug-likeness (QED) is 0.745. The summed E-state index contributed by atoms with van der Waals surface area (Å²) < 4.78 is 13.1. The molecule has 4 heteroatoms. The monoisotopic (exact) mass is 232 g/mol. The van der Waals surface area contributed by atoms with Gasteiger partial charge in [0.15, 0.2) is 0 Å². The van der Waals surface area contributed by atoms with Crippen LogP contribution in [0.5, 0.6) is 0 Å². The number of hydrogen-bond acceptors (Lipinski definition) is 2. The first kappa shape index (κ1) is 11.6. The molecule has 0 aromatic heterocycles.